The summed E-state index contributed by atoms with van der Waals surface area (Å²) >= 11 is 4.56. The molecule has 0 aliphatic carbocycles. The number of carbonyl (C=O) groups is 1. The Morgan fingerprint density at radius 3 is 2.61 bits per heavy atom. The van der Waals surface area contributed by atoms with Gasteiger partial charge in [-0.15, -0.1) is 0 Å². The largest absolute Gasteiger partial charge is 0.502 e. The number of halogens is 1. The van der Waals surface area contributed by atoms with Crippen molar-refractivity contribution in [3.8, 4) is 17.2 Å². The zero-order valence-corrected chi connectivity index (χ0v) is 23.1. The molecule has 13 heteroatoms. The Kier molecular flexibility index (Phi) is 7.69. The van der Waals surface area contributed by atoms with Crippen molar-refractivity contribution in [2.45, 2.75) is 19.9 Å². The van der Waals surface area contributed by atoms with Crippen molar-refractivity contribution in [3.63, 3.8) is 0 Å². The number of benzene rings is 2. The first kappa shape index (κ1) is 27.1. The molecule has 11 nitrogen and oxygen atoms in total. The number of fused-ring (bicyclic) bond motifs is 1. The van der Waals surface area contributed by atoms with Crippen LogP contribution in [0.3, 0.4) is 0 Å². The zero-order valence-electron chi connectivity index (χ0n) is 20.7. The molecule has 0 unspecified atom stereocenters. The zero-order chi connectivity index (χ0) is 27.7. The highest BCUT2D eigenvalue weighted by Gasteiger charge is 2.35. The first-order valence-electron chi connectivity index (χ1n) is 11.2. The number of esters is 1. The van der Waals surface area contributed by atoms with Gasteiger partial charge in [-0.1, -0.05) is 39.4 Å². The first-order valence-corrected chi connectivity index (χ1v) is 12.8. The third-order valence-corrected chi connectivity index (χ3v) is 7.51. The minimum absolute atomic E-state index is 0.0923. The van der Waals surface area contributed by atoms with Crippen LogP contribution in [0.2, 0.25) is 0 Å². The summed E-state index contributed by atoms with van der Waals surface area (Å²) in [7, 11) is 2.96. The third kappa shape index (κ3) is 4.70. The van der Waals surface area contributed by atoms with Crippen LogP contribution in [-0.4, -0.2) is 41.4 Å². The van der Waals surface area contributed by atoms with Crippen LogP contribution in [0.25, 0.3) is 6.08 Å². The molecule has 2 heterocycles. The maximum absolute atomic E-state index is 13.8. The van der Waals surface area contributed by atoms with Crippen molar-refractivity contribution in [2.24, 2.45) is 4.99 Å². The molecule has 0 bridgehead atoms. The van der Waals surface area contributed by atoms with Gasteiger partial charge in [0.25, 0.3) is 5.56 Å². The Bertz CT molecular complexity index is 1670. The summed E-state index contributed by atoms with van der Waals surface area (Å²) < 4.78 is 18.2. The van der Waals surface area contributed by atoms with Gasteiger partial charge in [-0.3, -0.25) is 19.5 Å². The summed E-state index contributed by atoms with van der Waals surface area (Å²) in [6.45, 7) is 3.44. The van der Waals surface area contributed by atoms with E-state index in [2.05, 4.69) is 20.9 Å². The highest BCUT2D eigenvalue weighted by Crippen LogP contribution is 2.40. The van der Waals surface area contributed by atoms with E-state index in [-0.39, 0.29) is 22.3 Å². The number of hydrogen-bond donors (Lipinski definition) is 1. The number of para-hydroxylation sites is 1. The molecule has 38 heavy (non-hydrogen) atoms. The van der Waals surface area contributed by atoms with E-state index in [1.807, 2.05) is 0 Å². The van der Waals surface area contributed by atoms with Crippen LogP contribution in [0.4, 0.5) is 5.69 Å². The van der Waals surface area contributed by atoms with E-state index < -0.39 is 33.9 Å². The first-order chi connectivity index (χ1) is 18.1. The average Bonchev–Trinajstić information content (AvgIpc) is 3.18. The standard InChI is InChI=1S/C25H22BrN3O8S/c1-5-37-24(32)20-12(2)27-25-28(21(20)14-10-17(35-3)18(36-4)11-15(14)26)23(31)19(38-25)9-13-7-6-8-16(22(13)30)29(33)34/h6-11,21,30H,5H2,1-4H3/b19-9+/t21-/m1/s1. The molecule has 0 amide bonds. The van der Waals surface area contributed by atoms with E-state index in [9.17, 15) is 24.8 Å². The van der Waals surface area contributed by atoms with Crippen LogP contribution in [0, 0.1) is 10.1 Å². The lowest BCUT2D eigenvalue weighted by molar-refractivity contribution is -0.385. The van der Waals surface area contributed by atoms with Gasteiger partial charge in [0, 0.05) is 16.1 Å². The van der Waals surface area contributed by atoms with Gasteiger partial charge >= 0.3 is 11.7 Å². The number of carbonyl (C=O) groups excluding carboxylic acids is 1. The van der Waals surface area contributed by atoms with Gasteiger partial charge in [-0.25, -0.2) is 9.79 Å². The summed E-state index contributed by atoms with van der Waals surface area (Å²) in [6.07, 6.45) is 1.36. The fourth-order valence-corrected chi connectivity index (χ4v) is 5.70. The van der Waals surface area contributed by atoms with Gasteiger partial charge in [0.15, 0.2) is 16.3 Å². The van der Waals surface area contributed by atoms with E-state index >= 15 is 0 Å². The van der Waals surface area contributed by atoms with Crippen LogP contribution in [0.1, 0.15) is 31.0 Å². The molecule has 0 fully saturated rings. The topological polar surface area (TPSA) is 142 Å². The summed E-state index contributed by atoms with van der Waals surface area (Å²) in [4.78, 5) is 42.2. The van der Waals surface area contributed by atoms with E-state index in [1.54, 1.807) is 26.0 Å². The number of nitro benzene ring substituents is 1. The maximum Gasteiger partial charge on any atom is 0.338 e. The van der Waals surface area contributed by atoms with E-state index in [1.165, 1.54) is 37.0 Å². The second-order valence-electron chi connectivity index (χ2n) is 8.00. The fraction of sp³-hybridized carbons (Fsp3) is 0.240. The number of ether oxygens (including phenoxy) is 3. The fourth-order valence-electron chi connectivity index (χ4n) is 4.12. The molecule has 1 N–H and O–H groups in total. The molecule has 0 saturated carbocycles. The lowest BCUT2D eigenvalue weighted by Crippen LogP contribution is -2.40. The molecule has 198 valence electrons. The lowest BCUT2D eigenvalue weighted by Gasteiger charge is -2.26. The summed E-state index contributed by atoms with van der Waals surface area (Å²) in [6, 6.07) is 6.42. The van der Waals surface area contributed by atoms with Gasteiger partial charge in [0.2, 0.25) is 5.75 Å². The number of rotatable bonds is 7. The predicted octanol–water partition coefficient (Wildman–Crippen LogP) is 3.19. The van der Waals surface area contributed by atoms with Crippen molar-refractivity contribution < 1.29 is 29.0 Å². The Labute approximate surface area is 228 Å². The number of aromatic nitrogens is 1. The van der Waals surface area contributed by atoms with Crippen molar-refractivity contribution >= 4 is 45.0 Å². The molecule has 1 atom stereocenters. The Hall–Kier alpha value is -3.97. The third-order valence-electron chi connectivity index (χ3n) is 5.84. The number of nitrogens with zero attached hydrogens (tertiary/aromatic N) is 3. The van der Waals surface area contributed by atoms with Crippen LogP contribution in [-0.2, 0) is 9.53 Å². The van der Waals surface area contributed by atoms with Crippen molar-refractivity contribution in [1.29, 1.82) is 0 Å². The van der Waals surface area contributed by atoms with Crippen molar-refractivity contribution in [3.05, 3.63) is 87.0 Å². The molecular formula is C25H22BrN3O8S. The lowest BCUT2D eigenvalue weighted by atomic mass is 9.95. The monoisotopic (exact) mass is 603 g/mol. The minimum atomic E-state index is -0.944. The molecule has 0 radical (unpaired) electrons. The minimum Gasteiger partial charge on any atom is -0.502 e. The number of thiazole rings is 1. The number of phenolic OH excluding ortho intramolecular Hbond substituents is 1. The molecular weight excluding hydrogens is 582 g/mol. The molecule has 4 rings (SSSR count). The number of hydrogen-bond acceptors (Lipinski definition) is 10. The molecule has 3 aromatic rings. The molecule has 1 aliphatic heterocycles. The summed E-state index contributed by atoms with van der Waals surface area (Å²) in [5, 5.41) is 21.7. The quantitative estimate of drug-likeness (QED) is 0.246. The highest BCUT2D eigenvalue weighted by molar-refractivity contribution is 9.10. The number of nitro groups is 1. The van der Waals surface area contributed by atoms with Gasteiger partial charge in [0.1, 0.15) is 0 Å². The van der Waals surface area contributed by atoms with E-state index in [0.717, 1.165) is 17.4 Å². The van der Waals surface area contributed by atoms with E-state index in [4.69, 9.17) is 14.2 Å². The van der Waals surface area contributed by atoms with Gasteiger partial charge in [0.05, 0.1) is 47.6 Å². The second kappa shape index (κ2) is 10.8. The van der Waals surface area contributed by atoms with Crippen LogP contribution >= 0.6 is 27.3 Å². The second-order valence-corrected chi connectivity index (χ2v) is 9.87. The molecule has 2 aromatic carbocycles. The molecule has 0 spiro atoms. The predicted molar refractivity (Wildman–Crippen MR) is 142 cm³/mol. The van der Waals surface area contributed by atoms with Crippen LogP contribution in [0.5, 0.6) is 17.2 Å². The van der Waals surface area contributed by atoms with Crippen LogP contribution < -0.4 is 24.4 Å². The van der Waals surface area contributed by atoms with E-state index in [0.29, 0.717) is 32.0 Å². The summed E-state index contributed by atoms with van der Waals surface area (Å²) in [5.74, 6) is -0.376. The number of methoxy groups -OCH3 is 2. The van der Waals surface area contributed by atoms with Gasteiger partial charge in [-0.05, 0) is 37.6 Å². The molecule has 1 aromatic heterocycles. The number of allylic oxidation sites excluding steroid dienone is 1. The Morgan fingerprint density at radius 2 is 1.97 bits per heavy atom. The SMILES string of the molecule is CCOC(=O)C1=C(C)N=c2s/c(=C/c3cccc([N+](=O)[O-])c3O)c(=O)n2[C@@H]1c1cc(OC)c(OC)cc1Br. The van der Waals surface area contributed by atoms with Gasteiger partial charge in [-0.2, -0.15) is 0 Å². The Morgan fingerprint density at radius 1 is 1.29 bits per heavy atom. The highest BCUT2D eigenvalue weighted by atomic mass is 79.9. The van der Waals surface area contributed by atoms with Crippen molar-refractivity contribution in [1.82, 2.24) is 4.57 Å². The average molecular weight is 604 g/mol. The normalized spacial score (nSPS) is 15.1. The smallest absolute Gasteiger partial charge is 0.338 e. The molecule has 0 saturated heterocycles. The number of aromatic hydroxyl groups is 1. The number of phenols is 1. The molecule has 1 aliphatic rings. The maximum atomic E-state index is 13.8. The van der Waals surface area contributed by atoms with Gasteiger partial charge < -0.3 is 19.3 Å². The van der Waals surface area contributed by atoms with Crippen LogP contribution in [0.15, 0.2) is 55.9 Å². The van der Waals surface area contributed by atoms with Crippen molar-refractivity contribution in [2.75, 3.05) is 20.8 Å². The summed E-state index contributed by atoms with van der Waals surface area (Å²) in [5.41, 5.74) is 0.137. The Balaban J connectivity index is 2.02.